The molecule has 1 aliphatic heterocycles. The van der Waals surface area contributed by atoms with Gasteiger partial charge in [-0.05, 0) is 42.8 Å². The maximum atomic E-state index is 12.0. The van der Waals surface area contributed by atoms with Crippen LogP contribution in [0.4, 0.5) is 5.69 Å². The Bertz CT molecular complexity index is 837. The van der Waals surface area contributed by atoms with Crippen LogP contribution in [0, 0.1) is 6.92 Å². The van der Waals surface area contributed by atoms with E-state index in [1.807, 2.05) is 25.1 Å². The minimum atomic E-state index is -0.379. The van der Waals surface area contributed by atoms with E-state index in [9.17, 15) is 9.59 Å². The van der Waals surface area contributed by atoms with E-state index in [-0.39, 0.29) is 24.8 Å². The Morgan fingerprint density at radius 3 is 2.76 bits per heavy atom. The smallest absolute Gasteiger partial charge is 0.263 e. The number of hydrazone groups is 1. The molecule has 0 radical (unpaired) electrons. The molecule has 0 saturated carbocycles. The highest BCUT2D eigenvalue weighted by Crippen LogP contribution is 2.22. The van der Waals surface area contributed by atoms with Gasteiger partial charge in [-0.1, -0.05) is 29.8 Å². The Labute approximate surface area is 150 Å². The Kier molecular flexibility index (Phi) is 5.00. The van der Waals surface area contributed by atoms with Crippen molar-refractivity contribution in [1.29, 1.82) is 0 Å². The number of halogens is 1. The van der Waals surface area contributed by atoms with Crippen molar-refractivity contribution in [1.82, 2.24) is 5.32 Å². The molecule has 0 atom stereocenters. The zero-order chi connectivity index (χ0) is 17.8. The first kappa shape index (κ1) is 17.0. The van der Waals surface area contributed by atoms with Crippen LogP contribution < -0.4 is 15.1 Å². The molecule has 6 nitrogen and oxygen atoms in total. The van der Waals surface area contributed by atoms with Gasteiger partial charge >= 0.3 is 0 Å². The van der Waals surface area contributed by atoms with E-state index in [1.54, 1.807) is 30.3 Å². The monoisotopic (exact) mass is 357 g/mol. The lowest BCUT2D eigenvalue weighted by molar-refractivity contribution is -0.121. The predicted octanol–water partition coefficient (Wildman–Crippen LogP) is 2.89. The Morgan fingerprint density at radius 2 is 2.04 bits per heavy atom. The molecule has 3 rings (SSSR count). The second-order valence-corrected chi connectivity index (χ2v) is 5.95. The van der Waals surface area contributed by atoms with Crippen LogP contribution >= 0.6 is 11.6 Å². The zero-order valence-corrected chi connectivity index (χ0v) is 14.3. The summed E-state index contributed by atoms with van der Waals surface area (Å²) >= 11 is 5.88. The molecule has 0 bridgehead atoms. The van der Waals surface area contributed by atoms with Gasteiger partial charge in [0.1, 0.15) is 11.6 Å². The Hall–Kier alpha value is -2.86. The summed E-state index contributed by atoms with van der Waals surface area (Å²) in [5.41, 5.74) is 1.49. The third-order valence-electron chi connectivity index (χ3n) is 3.56. The number of aryl methyl sites for hydroxylation is 1. The van der Waals surface area contributed by atoms with Crippen LogP contribution in [0.25, 0.3) is 0 Å². The van der Waals surface area contributed by atoms with Crippen LogP contribution in [-0.4, -0.2) is 24.3 Å². The molecule has 128 valence electrons. The van der Waals surface area contributed by atoms with Crippen molar-refractivity contribution in [2.24, 2.45) is 5.10 Å². The summed E-state index contributed by atoms with van der Waals surface area (Å²) in [5, 5.41) is 8.65. The molecule has 1 N–H and O–H groups in total. The molecule has 25 heavy (non-hydrogen) atoms. The largest absolute Gasteiger partial charge is 0.483 e. The van der Waals surface area contributed by atoms with Crippen molar-refractivity contribution in [3.05, 3.63) is 59.1 Å². The van der Waals surface area contributed by atoms with Crippen molar-refractivity contribution in [3.8, 4) is 5.75 Å². The number of ether oxygens (including phenoxy) is 1. The highest BCUT2D eigenvalue weighted by molar-refractivity contribution is 6.30. The number of nitrogens with one attached hydrogen (secondary N) is 1. The van der Waals surface area contributed by atoms with Gasteiger partial charge in [-0.15, -0.1) is 0 Å². The van der Waals surface area contributed by atoms with Gasteiger partial charge < -0.3 is 10.1 Å². The number of rotatable bonds is 4. The second kappa shape index (κ2) is 7.36. The number of nitrogens with zero attached hydrogens (tertiary/aromatic N) is 2. The standard InChI is InChI=1S/C18H16ClN3O3/c1-12-9-13(19)7-8-15(12)25-11-17(23)20-16-10-18(24)22(21-16)14-5-3-2-4-6-14/h2-9H,10-11H2,1H3,(H,20,21,23). The molecule has 7 heteroatoms. The fourth-order valence-electron chi connectivity index (χ4n) is 2.39. The molecule has 0 unspecified atom stereocenters. The molecule has 0 spiro atoms. The van der Waals surface area contributed by atoms with E-state index < -0.39 is 0 Å². The molecule has 2 amide bonds. The molecule has 0 saturated heterocycles. The molecule has 2 aromatic carbocycles. The van der Waals surface area contributed by atoms with Crippen molar-refractivity contribution >= 4 is 34.9 Å². The molecular formula is C18H16ClN3O3. The lowest BCUT2D eigenvalue weighted by Crippen LogP contribution is -2.33. The van der Waals surface area contributed by atoms with Gasteiger partial charge in [-0.25, -0.2) is 0 Å². The van der Waals surface area contributed by atoms with Crippen LogP contribution in [0.15, 0.2) is 53.6 Å². The Morgan fingerprint density at radius 1 is 1.28 bits per heavy atom. The number of hydrogen-bond acceptors (Lipinski definition) is 4. The van der Waals surface area contributed by atoms with Gasteiger partial charge in [0.05, 0.1) is 12.1 Å². The summed E-state index contributed by atoms with van der Waals surface area (Å²) < 4.78 is 5.48. The maximum absolute atomic E-state index is 12.0. The first-order valence-electron chi connectivity index (χ1n) is 7.67. The van der Waals surface area contributed by atoms with Crippen LogP contribution in [-0.2, 0) is 9.59 Å². The third-order valence-corrected chi connectivity index (χ3v) is 3.79. The average molecular weight is 358 g/mol. The fraction of sp³-hybridized carbons (Fsp3) is 0.167. The zero-order valence-electron chi connectivity index (χ0n) is 13.5. The number of benzene rings is 2. The van der Waals surface area contributed by atoms with E-state index in [0.717, 1.165) is 5.56 Å². The van der Waals surface area contributed by atoms with Crippen molar-refractivity contribution in [3.63, 3.8) is 0 Å². The van der Waals surface area contributed by atoms with Crippen molar-refractivity contribution in [2.75, 3.05) is 11.6 Å². The molecule has 0 aromatic heterocycles. The normalized spacial score (nSPS) is 13.6. The minimum absolute atomic E-state index is 0.0423. The lowest BCUT2D eigenvalue weighted by atomic mass is 10.2. The number of amidine groups is 1. The summed E-state index contributed by atoms with van der Waals surface area (Å²) in [6.07, 6.45) is 0.0423. The second-order valence-electron chi connectivity index (χ2n) is 5.51. The van der Waals surface area contributed by atoms with Crippen molar-refractivity contribution < 1.29 is 14.3 Å². The van der Waals surface area contributed by atoms with E-state index in [1.165, 1.54) is 5.01 Å². The van der Waals surface area contributed by atoms with Gasteiger partial charge in [0.15, 0.2) is 6.61 Å². The summed E-state index contributed by atoms with van der Waals surface area (Å²) in [6.45, 7) is 1.66. The van der Waals surface area contributed by atoms with Gasteiger partial charge in [-0.2, -0.15) is 10.1 Å². The highest BCUT2D eigenvalue weighted by Gasteiger charge is 2.26. The Balaban J connectivity index is 1.59. The van der Waals surface area contributed by atoms with E-state index in [2.05, 4.69) is 10.4 Å². The van der Waals surface area contributed by atoms with E-state index in [0.29, 0.717) is 22.3 Å². The molecule has 1 aliphatic rings. The molecule has 2 aromatic rings. The first-order valence-corrected chi connectivity index (χ1v) is 8.05. The summed E-state index contributed by atoms with van der Waals surface area (Å²) in [5.74, 6) is 0.303. The topological polar surface area (TPSA) is 71.0 Å². The van der Waals surface area contributed by atoms with E-state index in [4.69, 9.17) is 16.3 Å². The van der Waals surface area contributed by atoms with Gasteiger partial charge in [0.2, 0.25) is 0 Å². The van der Waals surface area contributed by atoms with Crippen molar-refractivity contribution in [2.45, 2.75) is 13.3 Å². The number of carbonyl (C=O) groups excluding carboxylic acids is 2. The quantitative estimate of drug-likeness (QED) is 0.914. The lowest BCUT2D eigenvalue weighted by Gasteiger charge is -2.10. The molecule has 0 fully saturated rings. The van der Waals surface area contributed by atoms with Crippen LogP contribution in [0.5, 0.6) is 5.75 Å². The molecule has 0 aliphatic carbocycles. The highest BCUT2D eigenvalue weighted by atomic mass is 35.5. The number of anilines is 1. The SMILES string of the molecule is Cc1cc(Cl)ccc1OCC(=O)NC1=NN(c2ccccc2)C(=O)C1. The van der Waals surface area contributed by atoms with E-state index >= 15 is 0 Å². The minimum Gasteiger partial charge on any atom is -0.483 e. The maximum Gasteiger partial charge on any atom is 0.263 e. The first-order chi connectivity index (χ1) is 12.0. The van der Waals surface area contributed by atoms with Gasteiger partial charge in [0.25, 0.3) is 11.8 Å². The number of hydrogen-bond donors (Lipinski definition) is 1. The van der Waals surface area contributed by atoms with Crippen LogP contribution in [0.3, 0.4) is 0 Å². The summed E-state index contributed by atoms with van der Waals surface area (Å²) in [4.78, 5) is 24.1. The number of amides is 2. The summed E-state index contributed by atoms with van der Waals surface area (Å²) in [6, 6.07) is 14.2. The van der Waals surface area contributed by atoms with Gasteiger partial charge in [0, 0.05) is 5.02 Å². The third kappa shape index (κ3) is 4.16. The van der Waals surface area contributed by atoms with Gasteiger partial charge in [-0.3, -0.25) is 9.59 Å². The van der Waals surface area contributed by atoms with Crippen LogP contribution in [0.2, 0.25) is 5.02 Å². The molecular weight excluding hydrogens is 342 g/mol. The summed E-state index contributed by atoms with van der Waals surface area (Å²) in [7, 11) is 0. The number of para-hydroxylation sites is 1. The predicted molar refractivity (Wildman–Crippen MR) is 95.8 cm³/mol. The van der Waals surface area contributed by atoms with Crippen LogP contribution in [0.1, 0.15) is 12.0 Å². The molecule has 1 heterocycles. The fourth-order valence-corrected chi connectivity index (χ4v) is 2.61. The average Bonchev–Trinajstić information content (AvgIpc) is 2.95. The number of carbonyl (C=O) groups is 2.